The van der Waals surface area contributed by atoms with Crippen LogP contribution in [0, 0.1) is 0 Å². The summed E-state index contributed by atoms with van der Waals surface area (Å²) in [5, 5.41) is 15.0. The molecule has 0 aliphatic carbocycles. The first-order valence-corrected chi connectivity index (χ1v) is 11.0. The van der Waals surface area contributed by atoms with Crippen molar-refractivity contribution in [2.75, 3.05) is 32.7 Å². The van der Waals surface area contributed by atoms with Crippen LogP contribution in [0.25, 0.3) is 11.4 Å². The number of piperazine rings is 1. The van der Waals surface area contributed by atoms with E-state index in [4.69, 9.17) is 0 Å². The van der Waals surface area contributed by atoms with Crippen molar-refractivity contribution in [3.8, 4) is 11.4 Å². The number of aromatic nitrogens is 4. The average molecular weight is 397 g/mol. The van der Waals surface area contributed by atoms with Crippen molar-refractivity contribution in [1.29, 1.82) is 0 Å². The van der Waals surface area contributed by atoms with E-state index in [9.17, 15) is 0 Å². The molecule has 1 aliphatic rings. The summed E-state index contributed by atoms with van der Waals surface area (Å²) in [7, 11) is 0. The van der Waals surface area contributed by atoms with Crippen molar-refractivity contribution in [2.24, 2.45) is 0 Å². The van der Waals surface area contributed by atoms with Gasteiger partial charge < -0.3 is 4.90 Å². The first-order valence-electron chi connectivity index (χ1n) is 10.2. The van der Waals surface area contributed by atoms with E-state index in [0.717, 1.165) is 25.1 Å². The molecule has 1 fully saturated rings. The number of hydrogen-bond acceptors (Lipinski definition) is 6. The van der Waals surface area contributed by atoms with E-state index < -0.39 is 0 Å². The molecule has 0 amide bonds. The lowest BCUT2D eigenvalue weighted by Gasteiger charge is -2.34. The standard InChI is InChI=1S/C21H28N6S/c1-3-8-19(9-4-1)21-22-24-27(23-21)12-6-2-5-11-25-13-15-26(16-14-25)18-20-10-7-17-28-20/h1,3-4,7-10,17H,2,5-6,11-16,18H2. The molecule has 6 nitrogen and oxygen atoms in total. The number of aryl methyl sites for hydroxylation is 1. The molecule has 2 aromatic heterocycles. The third kappa shape index (κ3) is 5.47. The predicted molar refractivity (Wildman–Crippen MR) is 113 cm³/mol. The molecular weight excluding hydrogens is 368 g/mol. The minimum Gasteiger partial charge on any atom is -0.301 e. The predicted octanol–water partition coefficient (Wildman–Crippen LogP) is 3.39. The summed E-state index contributed by atoms with van der Waals surface area (Å²) < 4.78 is 0. The van der Waals surface area contributed by atoms with E-state index in [-0.39, 0.29) is 0 Å². The maximum atomic E-state index is 4.49. The molecule has 1 aromatic carbocycles. The van der Waals surface area contributed by atoms with Crippen LogP contribution in [-0.4, -0.2) is 62.7 Å². The van der Waals surface area contributed by atoms with Crippen molar-refractivity contribution in [2.45, 2.75) is 32.4 Å². The van der Waals surface area contributed by atoms with Crippen molar-refractivity contribution in [3.63, 3.8) is 0 Å². The Balaban J connectivity index is 1.10. The molecule has 7 heteroatoms. The normalized spacial score (nSPS) is 15.9. The zero-order valence-electron chi connectivity index (χ0n) is 16.3. The first kappa shape index (κ1) is 19.2. The molecule has 1 aliphatic heterocycles. The highest BCUT2D eigenvalue weighted by Crippen LogP contribution is 2.14. The van der Waals surface area contributed by atoms with E-state index in [1.807, 2.05) is 41.7 Å². The molecule has 0 saturated carbocycles. The van der Waals surface area contributed by atoms with Crippen LogP contribution in [0.3, 0.4) is 0 Å². The van der Waals surface area contributed by atoms with Gasteiger partial charge in [-0.25, -0.2) is 0 Å². The Morgan fingerprint density at radius 1 is 0.821 bits per heavy atom. The number of benzene rings is 1. The summed E-state index contributed by atoms with van der Waals surface area (Å²) >= 11 is 1.86. The van der Waals surface area contributed by atoms with E-state index in [1.54, 1.807) is 4.80 Å². The Morgan fingerprint density at radius 2 is 1.61 bits per heavy atom. The topological polar surface area (TPSA) is 50.1 Å². The van der Waals surface area contributed by atoms with Crippen LogP contribution in [0.4, 0.5) is 0 Å². The van der Waals surface area contributed by atoms with Gasteiger partial charge in [0.2, 0.25) is 5.82 Å². The molecule has 4 rings (SSSR count). The van der Waals surface area contributed by atoms with Gasteiger partial charge in [0.1, 0.15) is 0 Å². The van der Waals surface area contributed by atoms with Crippen molar-refractivity contribution < 1.29 is 0 Å². The monoisotopic (exact) mass is 396 g/mol. The second-order valence-electron chi connectivity index (χ2n) is 7.33. The summed E-state index contributed by atoms with van der Waals surface area (Å²) in [6.07, 6.45) is 3.55. The van der Waals surface area contributed by atoms with Gasteiger partial charge in [-0.05, 0) is 36.0 Å². The van der Waals surface area contributed by atoms with Crippen LogP contribution in [0.5, 0.6) is 0 Å². The number of hydrogen-bond donors (Lipinski definition) is 0. The van der Waals surface area contributed by atoms with Crippen LogP contribution >= 0.6 is 11.3 Å². The molecule has 148 valence electrons. The van der Waals surface area contributed by atoms with Crippen LogP contribution in [-0.2, 0) is 13.1 Å². The Labute approximate surface area is 170 Å². The molecule has 0 N–H and O–H groups in total. The fraction of sp³-hybridized carbons (Fsp3) is 0.476. The number of unbranched alkanes of at least 4 members (excludes halogenated alkanes) is 2. The number of thiophene rings is 1. The summed E-state index contributed by atoms with van der Waals surface area (Å²) in [5.41, 5.74) is 1.02. The van der Waals surface area contributed by atoms with Crippen LogP contribution in [0.1, 0.15) is 24.1 Å². The lowest BCUT2D eigenvalue weighted by molar-refractivity contribution is 0.126. The van der Waals surface area contributed by atoms with Gasteiger partial charge in [-0.1, -0.05) is 42.8 Å². The average Bonchev–Trinajstić information content (AvgIpc) is 3.42. The highest BCUT2D eigenvalue weighted by Gasteiger charge is 2.16. The smallest absolute Gasteiger partial charge is 0.204 e. The zero-order chi connectivity index (χ0) is 19.0. The second-order valence-corrected chi connectivity index (χ2v) is 8.37. The molecule has 3 aromatic rings. The quantitative estimate of drug-likeness (QED) is 0.519. The minimum absolute atomic E-state index is 0.709. The minimum atomic E-state index is 0.709. The third-order valence-corrected chi connectivity index (χ3v) is 6.10. The summed E-state index contributed by atoms with van der Waals surface area (Å²) in [6.45, 7) is 7.90. The van der Waals surface area contributed by atoms with Gasteiger partial charge in [-0.15, -0.1) is 21.5 Å². The van der Waals surface area contributed by atoms with Crippen LogP contribution in [0.2, 0.25) is 0 Å². The van der Waals surface area contributed by atoms with Gasteiger partial charge in [0, 0.05) is 43.2 Å². The van der Waals surface area contributed by atoms with Gasteiger partial charge in [-0.3, -0.25) is 4.90 Å². The van der Waals surface area contributed by atoms with Crippen molar-refractivity contribution in [3.05, 3.63) is 52.7 Å². The molecular formula is C21H28N6S. The lowest BCUT2D eigenvalue weighted by atomic mass is 10.2. The fourth-order valence-corrected chi connectivity index (χ4v) is 4.35. The van der Waals surface area contributed by atoms with E-state index >= 15 is 0 Å². The second kappa shape index (κ2) is 9.91. The van der Waals surface area contributed by atoms with Crippen LogP contribution in [0.15, 0.2) is 47.8 Å². The Bertz CT molecular complexity index is 809. The van der Waals surface area contributed by atoms with Gasteiger partial charge in [0.05, 0.1) is 6.54 Å². The van der Waals surface area contributed by atoms with E-state index in [0.29, 0.717) is 5.82 Å². The molecule has 28 heavy (non-hydrogen) atoms. The summed E-state index contributed by atoms with van der Waals surface area (Å²) in [5.74, 6) is 0.709. The van der Waals surface area contributed by atoms with E-state index in [2.05, 4.69) is 42.7 Å². The van der Waals surface area contributed by atoms with Gasteiger partial charge in [0.15, 0.2) is 0 Å². The number of rotatable bonds is 9. The van der Waals surface area contributed by atoms with Gasteiger partial charge >= 0.3 is 0 Å². The summed E-state index contributed by atoms with van der Waals surface area (Å²) in [4.78, 5) is 8.38. The SMILES string of the molecule is c1ccc(-c2nnn(CCCCCN3CCN(Cc4cccs4)CC3)n2)cc1. The zero-order valence-corrected chi connectivity index (χ0v) is 17.1. The van der Waals surface area contributed by atoms with Gasteiger partial charge in [0.25, 0.3) is 0 Å². The molecule has 0 bridgehead atoms. The highest BCUT2D eigenvalue weighted by atomic mass is 32.1. The molecule has 3 heterocycles. The third-order valence-electron chi connectivity index (χ3n) is 5.24. The molecule has 0 spiro atoms. The number of tetrazole rings is 1. The molecule has 0 radical (unpaired) electrons. The Morgan fingerprint density at radius 3 is 2.39 bits per heavy atom. The molecule has 0 unspecified atom stereocenters. The maximum Gasteiger partial charge on any atom is 0.204 e. The number of nitrogens with zero attached hydrogens (tertiary/aromatic N) is 6. The van der Waals surface area contributed by atoms with Gasteiger partial charge in [-0.2, -0.15) is 4.80 Å². The summed E-state index contributed by atoms with van der Waals surface area (Å²) in [6, 6.07) is 14.4. The fourth-order valence-electron chi connectivity index (χ4n) is 3.60. The highest BCUT2D eigenvalue weighted by molar-refractivity contribution is 7.09. The Kier molecular flexibility index (Phi) is 6.81. The first-order chi connectivity index (χ1) is 13.9. The largest absolute Gasteiger partial charge is 0.301 e. The van der Waals surface area contributed by atoms with Crippen molar-refractivity contribution >= 4 is 11.3 Å². The van der Waals surface area contributed by atoms with E-state index in [1.165, 1.54) is 50.4 Å². The molecule has 1 saturated heterocycles. The molecule has 0 atom stereocenters. The van der Waals surface area contributed by atoms with Crippen molar-refractivity contribution in [1.82, 2.24) is 30.0 Å². The van der Waals surface area contributed by atoms with Crippen LogP contribution < -0.4 is 0 Å². The maximum absolute atomic E-state index is 4.49. The Hall–Kier alpha value is -2.09. The lowest BCUT2D eigenvalue weighted by Crippen LogP contribution is -2.45.